The second-order valence-electron chi connectivity index (χ2n) is 8.86. The monoisotopic (exact) mass is 402 g/mol. The molecule has 0 bridgehead atoms. The lowest BCUT2D eigenvalue weighted by molar-refractivity contribution is 0.131. The number of aliphatic hydroxyl groups excluding tert-OH is 1. The number of hydrogen-bond acceptors (Lipinski definition) is 3. The molecular weight excluding hydrogens is 360 g/mol. The smallest absolute Gasteiger partial charge is 0.191 e. The second kappa shape index (κ2) is 12.2. The highest BCUT2D eigenvalue weighted by Crippen LogP contribution is 2.38. The van der Waals surface area contributed by atoms with Gasteiger partial charge in [-0.05, 0) is 63.6 Å². The lowest BCUT2D eigenvalue weighted by Crippen LogP contribution is -2.45. The minimum Gasteiger partial charge on any atom is -0.396 e. The largest absolute Gasteiger partial charge is 0.396 e. The SMILES string of the molecule is CCNC(=NCc1ccccc1CN(C)C(C)C)NCC1(CCO)CCCCC1. The van der Waals surface area contributed by atoms with Crippen LogP contribution in [0.25, 0.3) is 0 Å². The molecule has 29 heavy (non-hydrogen) atoms. The summed E-state index contributed by atoms with van der Waals surface area (Å²) >= 11 is 0. The Morgan fingerprint density at radius 2 is 1.83 bits per heavy atom. The van der Waals surface area contributed by atoms with Gasteiger partial charge in [0.25, 0.3) is 0 Å². The van der Waals surface area contributed by atoms with Crippen LogP contribution in [-0.2, 0) is 13.1 Å². The first-order valence-electron chi connectivity index (χ1n) is 11.4. The summed E-state index contributed by atoms with van der Waals surface area (Å²) in [6.07, 6.45) is 7.14. The quantitative estimate of drug-likeness (QED) is 0.410. The third-order valence-corrected chi connectivity index (χ3v) is 6.36. The fourth-order valence-electron chi connectivity index (χ4n) is 4.15. The van der Waals surface area contributed by atoms with Gasteiger partial charge in [0, 0.05) is 32.3 Å². The Balaban J connectivity index is 2.05. The van der Waals surface area contributed by atoms with Crippen LogP contribution in [0.15, 0.2) is 29.3 Å². The Bertz CT molecular complexity index is 618. The first kappa shape index (κ1) is 23.7. The van der Waals surface area contributed by atoms with Crippen molar-refractivity contribution >= 4 is 5.96 Å². The van der Waals surface area contributed by atoms with Crippen LogP contribution in [0.1, 0.15) is 70.4 Å². The zero-order valence-corrected chi connectivity index (χ0v) is 19.0. The first-order valence-corrected chi connectivity index (χ1v) is 11.4. The molecule has 164 valence electrons. The van der Waals surface area contributed by atoms with Crippen LogP contribution in [0.2, 0.25) is 0 Å². The van der Waals surface area contributed by atoms with E-state index in [4.69, 9.17) is 4.99 Å². The van der Waals surface area contributed by atoms with Gasteiger partial charge in [-0.25, -0.2) is 4.99 Å². The average Bonchev–Trinajstić information content (AvgIpc) is 2.72. The fourth-order valence-corrected chi connectivity index (χ4v) is 4.15. The number of nitrogens with one attached hydrogen (secondary N) is 2. The lowest BCUT2D eigenvalue weighted by atomic mass is 9.72. The van der Waals surface area contributed by atoms with E-state index in [0.717, 1.165) is 32.0 Å². The van der Waals surface area contributed by atoms with Crippen LogP contribution in [-0.4, -0.2) is 48.8 Å². The molecule has 0 radical (unpaired) electrons. The number of aliphatic hydroxyl groups is 1. The van der Waals surface area contributed by atoms with Gasteiger partial charge < -0.3 is 15.7 Å². The van der Waals surface area contributed by atoms with Gasteiger partial charge in [0.15, 0.2) is 5.96 Å². The highest BCUT2D eigenvalue weighted by atomic mass is 16.3. The van der Waals surface area contributed by atoms with Gasteiger partial charge in [-0.3, -0.25) is 4.90 Å². The summed E-state index contributed by atoms with van der Waals surface area (Å²) in [4.78, 5) is 7.24. The number of rotatable bonds is 10. The molecule has 3 N–H and O–H groups in total. The molecule has 0 aliphatic heterocycles. The van der Waals surface area contributed by atoms with Gasteiger partial charge in [0.2, 0.25) is 0 Å². The lowest BCUT2D eigenvalue weighted by Gasteiger charge is -2.37. The highest BCUT2D eigenvalue weighted by Gasteiger charge is 2.31. The van der Waals surface area contributed by atoms with Gasteiger partial charge in [-0.2, -0.15) is 0 Å². The zero-order chi connectivity index (χ0) is 21.1. The number of benzene rings is 1. The zero-order valence-electron chi connectivity index (χ0n) is 19.0. The second-order valence-corrected chi connectivity index (χ2v) is 8.86. The van der Waals surface area contributed by atoms with Crippen molar-refractivity contribution in [1.29, 1.82) is 0 Å². The van der Waals surface area contributed by atoms with E-state index in [2.05, 4.69) is 67.6 Å². The minimum atomic E-state index is 0.209. The summed E-state index contributed by atoms with van der Waals surface area (Å²) in [7, 11) is 2.17. The van der Waals surface area contributed by atoms with E-state index in [-0.39, 0.29) is 12.0 Å². The molecule has 1 aliphatic carbocycles. The van der Waals surface area contributed by atoms with Crippen LogP contribution < -0.4 is 10.6 Å². The van der Waals surface area contributed by atoms with E-state index in [1.807, 2.05) is 0 Å². The van der Waals surface area contributed by atoms with Crippen LogP contribution in [0.5, 0.6) is 0 Å². The number of aliphatic imine (C=N–C) groups is 1. The summed E-state index contributed by atoms with van der Waals surface area (Å²) in [6, 6.07) is 9.13. The van der Waals surface area contributed by atoms with Crippen molar-refractivity contribution in [2.45, 2.75) is 78.4 Å². The molecule has 0 spiro atoms. The van der Waals surface area contributed by atoms with Gasteiger partial charge in [-0.1, -0.05) is 43.5 Å². The molecule has 0 atom stereocenters. The van der Waals surface area contributed by atoms with Crippen LogP contribution in [0.3, 0.4) is 0 Å². The maximum absolute atomic E-state index is 9.57. The predicted octanol–water partition coefficient (Wildman–Crippen LogP) is 3.91. The third-order valence-electron chi connectivity index (χ3n) is 6.36. The molecule has 1 saturated carbocycles. The van der Waals surface area contributed by atoms with Crippen molar-refractivity contribution in [2.24, 2.45) is 10.4 Å². The van der Waals surface area contributed by atoms with E-state index in [9.17, 15) is 5.11 Å². The fraction of sp³-hybridized carbons (Fsp3) is 0.708. The predicted molar refractivity (Wildman–Crippen MR) is 123 cm³/mol. The Morgan fingerprint density at radius 3 is 2.45 bits per heavy atom. The van der Waals surface area contributed by atoms with E-state index in [0.29, 0.717) is 12.6 Å². The number of hydrogen-bond donors (Lipinski definition) is 3. The summed E-state index contributed by atoms with van der Waals surface area (Å²) in [5.41, 5.74) is 2.83. The summed E-state index contributed by atoms with van der Waals surface area (Å²) in [5.74, 6) is 0.877. The molecular formula is C24H42N4O. The third kappa shape index (κ3) is 7.63. The van der Waals surface area contributed by atoms with Crippen LogP contribution in [0.4, 0.5) is 0 Å². The van der Waals surface area contributed by atoms with Crippen molar-refractivity contribution < 1.29 is 5.11 Å². The highest BCUT2D eigenvalue weighted by molar-refractivity contribution is 5.79. The van der Waals surface area contributed by atoms with Gasteiger partial charge in [0.1, 0.15) is 0 Å². The molecule has 2 rings (SSSR count). The van der Waals surface area contributed by atoms with Crippen LogP contribution in [0, 0.1) is 5.41 Å². The average molecular weight is 403 g/mol. The van der Waals surface area contributed by atoms with E-state index in [1.165, 1.54) is 43.2 Å². The Labute approximate surface area is 178 Å². The summed E-state index contributed by atoms with van der Waals surface area (Å²) < 4.78 is 0. The number of nitrogens with zero attached hydrogens (tertiary/aromatic N) is 2. The van der Waals surface area contributed by atoms with Gasteiger partial charge in [-0.15, -0.1) is 0 Å². The molecule has 1 aliphatic rings. The summed E-state index contributed by atoms with van der Waals surface area (Å²) in [6.45, 7) is 10.2. The first-order chi connectivity index (χ1) is 14.0. The molecule has 5 heteroatoms. The van der Waals surface area contributed by atoms with Crippen molar-refractivity contribution in [3.8, 4) is 0 Å². The topological polar surface area (TPSA) is 59.9 Å². The Hall–Kier alpha value is -1.59. The molecule has 1 aromatic rings. The van der Waals surface area contributed by atoms with E-state index < -0.39 is 0 Å². The minimum absolute atomic E-state index is 0.209. The standard InChI is InChI=1S/C24H42N4O/c1-5-25-23(27-19-24(15-16-29)13-9-6-10-14-24)26-17-21-11-7-8-12-22(21)18-28(4)20(2)3/h7-8,11-12,20,29H,5-6,9-10,13-19H2,1-4H3,(H2,25,26,27). The van der Waals surface area contributed by atoms with Crippen molar-refractivity contribution in [2.75, 3.05) is 26.7 Å². The van der Waals surface area contributed by atoms with E-state index >= 15 is 0 Å². The Morgan fingerprint density at radius 1 is 1.14 bits per heavy atom. The Kier molecular flexibility index (Phi) is 9.95. The molecule has 0 aromatic heterocycles. The number of guanidine groups is 1. The van der Waals surface area contributed by atoms with Crippen molar-refractivity contribution in [3.63, 3.8) is 0 Å². The molecule has 0 heterocycles. The molecule has 0 amide bonds. The molecule has 5 nitrogen and oxygen atoms in total. The van der Waals surface area contributed by atoms with Crippen LogP contribution >= 0.6 is 0 Å². The molecule has 1 aromatic carbocycles. The summed E-state index contributed by atoms with van der Waals surface area (Å²) in [5, 5.41) is 16.5. The van der Waals surface area contributed by atoms with Gasteiger partial charge >= 0.3 is 0 Å². The normalized spacial score (nSPS) is 17.0. The molecule has 1 fully saturated rings. The van der Waals surface area contributed by atoms with Crippen molar-refractivity contribution in [1.82, 2.24) is 15.5 Å². The maximum atomic E-state index is 9.57. The molecule has 0 saturated heterocycles. The van der Waals surface area contributed by atoms with Crippen molar-refractivity contribution in [3.05, 3.63) is 35.4 Å². The molecule has 0 unspecified atom stereocenters. The maximum Gasteiger partial charge on any atom is 0.191 e. The van der Waals surface area contributed by atoms with Gasteiger partial charge in [0.05, 0.1) is 6.54 Å². The van der Waals surface area contributed by atoms with E-state index in [1.54, 1.807) is 0 Å².